The minimum atomic E-state index is 0.127. The fraction of sp³-hybridized carbons (Fsp3) is 0.0357. The van der Waals surface area contributed by atoms with Gasteiger partial charge in [-0.1, -0.05) is 64.5 Å². The number of halogens is 1. The molecule has 2 nitrogen and oxygen atoms in total. The lowest BCUT2D eigenvalue weighted by molar-refractivity contribution is 0.103. The second-order valence-electron chi connectivity index (χ2n) is 7.58. The van der Waals surface area contributed by atoms with Gasteiger partial charge in [0.15, 0.2) is 5.78 Å². The van der Waals surface area contributed by atoms with Crippen molar-refractivity contribution in [2.24, 2.45) is 0 Å². The van der Waals surface area contributed by atoms with E-state index in [1.807, 2.05) is 60.7 Å². The molecule has 1 aliphatic carbocycles. The van der Waals surface area contributed by atoms with E-state index >= 15 is 0 Å². The zero-order valence-electron chi connectivity index (χ0n) is 16.8. The number of fused-ring (bicyclic) bond motifs is 1. The smallest absolute Gasteiger partial charge is 0.189 e. The van der Waals surface area contributed by atoms with E-state index in [1.54, 1.807) is 0 Å². The van der Waals surface area contributed by atoms with Crippen LogP contribution in [0.5, 0.6) is 0 Å². The second kappa shape index (κ2) is 8.37. The summed E-state index contributed by atoms with van der Waals surface area (Å²) in [4.78, 5) is 15.0. The summed E-state index contributed by atoms with van der Waals surface area (Å²) in [6, 6.07) is 35.0. The lowest BCUT2D eigenvalue weighted by Gasteiger charge is -2.25. The van der Waals surface area contributed by atoms with Crippen molar-refractivity contribution in [3.05, 3.63) is 130 Å². The van der Waals surface area contributed by atoms with Crippen molar-refractivity contribution in [2.45, 2.75) is 6.42 Å². The maximum atomic E-state index is 12.8. The standard InChI is InChI=1S/C28H20BrNO/c29-23-13-16-27-21(19-23)18-22(28(27)31)17-20-11-14-26(15-12-20)30(24-7-3-1-4-8-24)25-9-5-2-6-10-25/h1-16,18-19H,17H2. The van der Waals surface area contributed by atoms with Crippen molar-refractivity contribution >= 4 is 44.9 Å². The summed E-state index contributed by atoms with van der Waals surface area (Å²) in [7, 11) is 0. The molecule has 5 rings (SSSR count). The molecule has 3 heteroatoms. The van der Waals surface area contributed by atoms with Gasteiger partial charge in [-0.05, 0) is 71.8 Å². The first-order valence-corrected chi connectivity index (χ1v) is 11.0. The van der Waals surface area contributed by atoms with Crippen molar-refractivity contribution in [3.63, 3.8) is 0 Å². The van der Waals surface area contributed by atoms with Gasteiger partial charge in [-0.15, -0.1) is 0 Å². The second-order valence-corrected chi connectivity index (χ2v) is 8.50. The average molecular weight is 466 g/mol. The van der Waals surface area contributed by atoms with Crippen LogP contribution < -0.4 is 4.90 Å². The third kappa shape index (κ3) is 3.97. The molecule has 0 fully saturated rings. The number of allylic oxidation sites excluding steroid dienone is 1. The maximum Gasteiger partial charge on any atom is 0.189 e. The van der Waals surface area contributed by atoms with E-state index < -0.39 is 0 Å². The fourth-order valence-electron chi connectivity index (χ4n) is 4.00. The number of ketones is 1. The van der Waals surface area contributed by atoms with Crippen LogP contribution in [0.3, 0.4) is 0 Å². The van der Waals surface area contributed by atoms with Crippen molar-refractivity contribution in [3.8, 4) is 0 Å². The van der Waals surface area contributed by atoms with E-state index in [2.05, 4.69) is 69.4 Å². The number of Topliss-reactive ketones (excluding diaryl/α,β-unsaturated/α-hetero) is 1. The molecule has 0 bridgehead atoms. The molecule has 31 heavy (non-hydrogen) atoms. The molecule has 0 N–H and O–H groups in total. The predicted molar refractivity (Wildman–Crippen MR) is 131 cm³/mol. The summed E-state index contributed by atoms with van der Waals surface area (Å²) in [5, 5.41) is 0. The molecule has 1 aliphatic rings. The number of rotatable bonds is 5. The Labute approximate surface area is 190 Å². The van der Waals surface area contributed by atoms with Gasteiger partial charge in [0.25, 0.3) is 0 Å². The molecule has 0 unspecified atom stereocenters. The minimum Gasteiger partial charge on any atom is -0.311 e. The van der Waals surface area contributed by atoms with Gasteiger partial charge in [-0.25, -0.2) is 0 Å². The Morgan fingerprint density at radius 2 is 1.26 bits per heavy atom. The van der Waals surface area contributed by atoms with Crippen molar-refractivity contribution in [2.75, 3.05) is 4.90 Å². The van der Waals surface area contributed by atoms with E-state index in [-0.39, 0.29) is 5.78 Å². The number of nitrogens with zero attached hydrogens (tertiary/aromatic N) is 1. The predicted octanol–water partition coefficient (Wildman–Crippen LogP) is 7.74. The van der Waals surface area contributed by atoms with Crippen LogP contribution in [0.4, 0.5) is 17.1 Å². The molecule has 0 saturated carbocycles. The van der Waals surface area contributed by atoms with Crippen LogP contribution >= 0.6 is 15.9 Å². The summed E-state index contributed by atoms with van der Waals surface area (Å²) >= 11 is 3.49. The van der Waals surface area contributed by atoms with Gasteiger partial charge in [-0.2, -0.15) is 0 Å². The van der Waals surface area contributed by atoms with Crippen LogP contribution in [-0.2, 0) is 6.42 Å². The van der Waals surface area contributed by atoms with Gasteiger partial charge in [0.2, 0.25) is 0 Å². The van der Waals surface area contributed by atoms with Gasteiger partial charge in [0, 0.05) is 39.1 Å². The van der Waals surface area contributed by atoms with Crippen LogP contribution in [0.25, 0.3) is 6.08 Å². The number of anilines is 3. The normalized spacial score (nSPS) is 12.4. The monoisotopic (exact) mass is 465 g/mol. The molecule has 4 aromatic carbocycles. The number of benzene rings is 4. The number of carbonyl (C=O) groups excluding carboxylic acids is 1. The van der Waals surface area contributed by atoms with Gasteiger partial charge >= 0.3 is 0 Å². The zero-order valence-corrected chi connectivity index (χ0v) is 18.4. The molecule has 0 spiro atoms. The largest absolute Gasteiger partial charge is 0.311 e. The van der Waals surface area contributed by atoms with Crippen LogP contribution in [0, 0.1) is 0 Å². The third-order valence-electron chi connectivity index (χ3n) is 5.50. The number of carbonyl (C=O) groups is 1. The summed E-state index contributed by atoms with van der Waals surface area (Å²) in [6.07, 6.45) is 2.64. The van der Waals surface area contributed by atoms with Crippen LogP contribution in [-0.4, -0.2) is 5.78 Å². The Morgan fingerprint density at radius 3 is 1.87 bits per heavy atom. The fourth-order valence-corrected chi connectivity index (χ4v) is 4.38. The Bertz CT molecular complexity index is 1220. The molecule has 0 saturated heterocycles. The molecule has 0 heterocycles. The van der Waals surface area contributed by atoms with Crippen molar-refractivity contribution in [1.82, 2.24) is 0 Å². The van der Waals surface area contributed by atoms with Gasteiger partial charge in [0.1, 0.15) is 0 Å². The number of para-hydroxylation sites is 2. The van der Waals surface area contributed by atoms with Crippen molar-refractivity contribution < 1.29 is 4.79 Å². The van der Waals surface area contributed by atoms with E-state index in [4.69, 9.17) is 0 Å². The summed E-state index contributed by atoms with van der Waals surface area (Å²) < 4.78 is 0.989. The number of hydrogen-bond donors (Lipinski definition) is 0. The number of hydrogen-bond acceptors (Lipinski definition) is 2. The molecule has 150 valence electrons. The molecule has 0 aromatic heterocycles. The quantitative estimate of drug-likeness (QED) is 0.300. The molecule has 0 radical (unpaired) electrons. The minimum absolute atomic E-state index is 0.127. The van der Waals surface area contributed by atoms with Crippen LogP contribution in [0.2, 0.25) is 0 Å². The zero-order chi connectivity index (χ0) is 21.2. The van der Waals surface area contributed by atoms with E-state index in [0.717, 1.165) is 43.8 Å². The Balaban J connectivity index is 1.43. The molecule has 0 aliphatic heterocycles. The van der Waals surface area contributed by atoms with Crippen molar-refractivity contribution in [1.29, 1.82) is 0 Å². The summed E-state index contributed by atoms with van der Waals surface area (Å²) in [5.74, 6) is 0.127. The van der Waals surface area contributed by atoms with Gasteiger partial charge in [0.05, 0.1) is 0 Å². The Hall–Kier alpha value is -3.43. The van der Waals surface area contributed by atoms with Crippen LogP contribution in [0.15, 0.2) is 113 Å². The highest BCUT2D eigenvalue weighted by atomic mass is 79.9. The first-order chi connectivity index (χ1) is 15.2. The highest BCUT2D eigenvalue weighted by molar-refractivity contribution is 9.10. The van der Waals surface area contributed by atoms with E-state index in [1.165, 1.54) is 0 Å². The molecule has 0 amide bonds. The van der Waals surface area contributed by atoms with E-state index in [0.29, 0.717) is 6.42 Å². The van der Waals surface area contributed by atoms with Gasteiger partial charge < -0.3 is 4.90 Å². The SMILES string of the molecule is O=C1C(Cc2ccc(N(c3ccccc3)c3ccccc3)cc2)=Cc2cc(Br)ccc21. The van der Waals surface area contributed by atoms with Gasteiger partial charge in [-0.3, -0.25) is 4.79 Å². The lowest BCUT2D eigenvalue weighted by Crippen LogP contribution is -2.09. The first kappa shape index (κ1) is 19.5. The first-order valence-electron chi connectivity index (χ1n) is 10.2. The van der Waals surface area contributed by atoms with E-state index in [9.17, 15) is 4.79 Å². The molecular formula is C28H20BrNO. The highest BCUT2D eigenvalue weighted by Gasteiger charge is 2.22. The van der Waals surface area contributed by atoms with Crippen LogP contribution in [0.1, 0.15) is 21.5 Å². The summed E-state index contributed by atoms with van der Waals surface area (Å²) in [6.45, 7) is 0. The molecule has 4 aromatic rings. The third-order valence-corrected chi connectivity index (χ3v) is 5.99. The molecular weight excluding hydrogens is 446 g/mol. The lowest BCUT2D eigenvalue weighted by atomic mass is 10.0. The average Bonchev–Trinajstić information content (AvgIpc) is 3.11. The Morgan fingerprint density at radius 1 is 0.677 bits per heavy atom. The Kier molecular flexibility index (Phi) is 5.27. The highest BCUT2D eigenvalue weighted by Crippen LogP contribution is 2.35. The summed E-state index contributed by atoms with van der Waals surface area (Å²) in [5.41, 5.74) is 7.03. The maximum absolute atomic E-state index is 12.8. The molecule has 0 atom stereocenters. The topological polar surface area (TPSA) is 20.3 Å².